The van der Waals surface area contributed by atoms with Crippen LogP contribution in [0.25, 0.3) is 0 Å². The lowest BCUT2D eigenvalue weighted by molar-refractivity contribution is -0.174. The van der Waals surface area contributed by atoms with Crippen molar-refractivity contribution in [1.82, 2.24) is 0 Å². The highest BCUT2D eigenvalue weighted by molar-refractivity contribution is 5.81. The molecule has 6 nitrogen and oxygen atoms in total. The molecule has 0 heterocycles. The van der Waals surface area contributed by atoms with Gasteiger partial charge in [-0.1, -0.05) is 55.4 Å². The topological polar surface area (TPSA) is 112 Å². The van der Waals surface area contributed by atoms with Crippen LogP contribution < -0.4 is 0 Å². The van der Waals surface area contributed by atoms with Crippen LogP contribution in [-0.2, 0) is 14.4 Å². The van der Waals surface area contributed by atoms with Gasteiger partial charge in [0.15, 0.2) is 0 Å². The van der Waals surface area contributed by atoms with Crippen molar-refractivity contribution in [3.8, 4) is 0 Å². The van der Waals surface area contributed by atoms with Crippen LogP contribution in [0.5, 0.6) is 0 Å². The molecule has 0 aliphatic heterocycles. The second-order valence-electron chi connectivity index (χ2n) is 8.50. The normalized spacial score (nSPS) is 17.2. The Balaban J connectivity index is 6.28. The quantitative estimate of drug-likeness (QED) is 0.661. The number of carboxylic acid groups (broad SMARTS) is 3. The second kappa shape index (κ2) is 6.49. The maximum Gasteiger partial charge on any atom is 0.307 e. The summed E-state index contributed by atoms with van der Waals surface area (Å²) in [6.45, 7) is 13.2. The number of aliphatic carboxylic acids is 3. The van der Waals surface area contributed by atoms with Gasteiger partial charge in [-0.15, -0.1) is 0 Å². The van der Waals surface area contributed by atoms with Gasteiger partial charge in [-0.25, -0.2) is 0 Å². The highest BCUT2D eigenvalue weighted by Crippen LogP contribution is 2.54. The largest absolute Gasteiger partial charge is 0.481 e. The average molecular weight is 330 g/mol. The molecule has 0 aliphatic carbocycles. The summed E-state index contributed by atoms with van der Waals surface area (Å²) in [5, 5.41) is 28.7. The molecule has 0 spiro atoms. The smallest absolute Gasteiger partial charge is 0.307 e. The van der Waals surface area contributed by atoms with Crippen LogP contribution in [0, 0.1) is 34.0 Å². The number of carboxylic acids is 3. The summed E-state index contributed by atoms with van der Waals surface area (Å²) in [5.74, 6) is -6.63. The molecule has 0 bridgehead atoms. The third-order valence-corrected chi connectivity index (χ3v) is 5.69. The first-order valence-corrected chi connectivity index (χ1v) is 7.68. The third-order valence-electron chi connectivity index (χ3n) is 5.69. The first kappa shape index (κ1) is 21.4. The zero-order valence-corrected chi connectivity index (χ0v) is 15.3. The summed E-state index contributed by atoms with van der Waals surface area (Å²) in [4.78, 5) is 35.2. The monoisotopic (exact) mass is 330 g/mol. The van der Waals surface area contributed by atoms with Crippen LogP contribution in [0.3, 0.4) is 0 Å². The van der Waals surface area contributed by atoms with Gasteiger partial charge in [0, 0.05) is 0 Å². The highest BCUT2D eigenvalue weighted by atomic mass is 16.4. The molecule has 6 heteroatoms. The van der Waals surface area contributed by atoms with Gasteiger partial charge in [0.05, 0.1) is 17.8 Å². The second-order valence-corrected chi connectivity index (χ2v) is 8.50. The van der Waals surface area contributed by atoms with Gasteiger partial charge in [-0.05, 0) is 16.2 Å². The molecule has 0 saturated heterocycles. The van der Waals surface area contributed by atoms with Crippen LogP contribution in [0.2, 0.25) is 0 Å². The van der Waals surface area contributed by atoms with E-state index >= 15 is 0 Å². The summed E-state index contributed by atoms with van der Waals surface area (Å²) < 4.78 is 0. The summed E-state index contributed by atoms with van der Waals surface area (Å²) in [6.07, 6.45) is 0. The molecule has 134 valence electrons. The predicted octanol–water partition coefficient (Wildman–Crippen LogP) is 3.21. The standard InChI is InChI=1S/C17H30O6/c1-9(12(18)19)16(5,6)17(7,8)11(14(22)23)10(13(20)21)15(2,3)4/h9-11H,1-8H3,(H,18,19)(H,20,21)(H,22,23). The molecule has 23 heavy (non-hydrogen) atoms. The summed E-state index contributed by atoms with van der Waals surface area (Å²) in [7, 11) is 0. The fourth-order valence-electron chi connectivity index (χ4n) is 3.15. The molecule has 0 aromatic heterocycles. The van der Waals surface area contributed by atoms with Crippen molar-refractivity contribution in [2.45, 2.75) is 55.4 Å². The molecule has 0 saturated carbocycles. The van der Waals surface area contributed by atoms with Crippen molar-refractivity contribution in [1.29, 1.82) is 0 Å². The van der Waals surface area contributed by atoms with Crippen molar-refractivity contribution >= 4 is 17.9 Å². The first-order valence-electron chi connectivity index (χ1n) is 7.68. The number of hydrogen-bond donors (Lipinski definition) is 3. The minimum absolute atomic E-state index is 0.783. The van der Waals surface area contributed by atoms with E-state index in [1.165, 1.54) is 6.92 Å². The maximum absolute atomic E-state index is 12.0. The molecule has 3 N–H and O–H groups in total. The van der Waals surface area contributed by atoms with E-state index in [9.17, 15) is 29.7 Å². The van der Waals surface area contributed by atoms with E-state index in [0.29, 0.717) is 0 Å². The van der Waals surface area contributed by atoms with Crippen LogP contribution >= 0.6 is 0 Å². The maximum atomic E-state index is 12.0. The number of carbonyl (C=O) groups is 3. The molecule has 0 rings (SSSR count). The van der Waals surface area contributed by atoms with Crippen LogP contribution in [0.1, 0.15) is 55.4 Å². The van der Waals surface area contributed by atoms with Gasteiger partial charge in [0.25, 0.3) is 0 Å². The van der Waals surface area contributed by atoms with Crippen LogP contribution in [0.15, 0.2) is 0 Å². The molecule has 0 aromatic carbocycles. The number of rotatable bonds is 7. The zero-order chi connectivity index (χ0) is 19.0. The summed E-state index contributed by atoms with van der Waals surface area (Å²) in [6, 6.07) is 0. The summed E-state index contributed by atoms with van der Waals surface area (Å²) in [5.41, 5.74) is -2.78. The zero-order valence-electron chi connectivity index (χ0n) is 15.3. The van der Waals surface area contributed by atoms with E-state index in [1.807, 2.05) is 0 Å². The molecule has 3 atom stereocenters. The van der Waals surface area contributed by atoms with Crippen LogP contribution in [-0.4, -0.2) is 33.2 Å². The molecular weight excluding hydrogens is 300 g/mol. The molecule has 0 amide bonds. The Morgan fingerprint density at radius 3 is 1.22 bits per heavy atom. The minimum Gasteiger partial charge on any atom is -0.481 e. The fourth-order valence-corrected chi connectivity index (χ4v) is 3.15. The van der Waals surface area contributed by atoms with Gasteiger partial charge in [-0.3, -0.25) is 14.4 Å². The van der Waals surface area contributed by atoms with Crippen molar-refractivity contribution in [3.63, 3.8) is 0 Å². The van der Waals surface area contributed by atoms with Crippen molar-refractivity contribution < 1.29 is 29.7 Å². The fraction of sp³-hybridized carbons (Fsp3) is 0.824. The van der Waals surface area contributed by atoms with E-state index in [1.54, 1.807) is 48.5 Å². The van der Waals surface area contributed by atoms with Crippen molar-refractivity contribution in [2.24, 2.45) is 34.0 Å². The van der Waals surface area contributed by atoms with E-state index < -0.39 is 51.9 Å². The SMILES string of the molecule is CC(C(=O)O)C(C)(C)C(C)(C)C(C(=O)O)C(C(=O)O)C(C)(C)C. The Morgan fingerprint density at radius 1 is 0.652 bits per heavy atom. The Morgan fingerprint density at radius 2 is 1.00 bits per heavy atom. The average Bonchev–Trinajstić information content (AvgIpc) is 2.31. The van der Waals surface area contributed by atoms with E-state index in [0.717, 1.165) is 0 Å². The van der Waals surface area contributed by atoms with E-state index in [2.05, 4.69) is 0 Å². The lowest BCUT2D eigenvalue weighted by Gasteiger charge is -2.50. The van der Waals surface area contributed by atoms with Gasteiger partial charge < -0.3 is 15.3 Å². The van der Waals surface area contributed by atoms with Gasteiger partial charge >= 0.3 is 17.9 Å². The van der Waals surface area contributed by atoms with E-state index in [-0.39, 0.29) is 0 Å². The molecule has 0 aliphatic rings. The Bertz CT molecular complexity index is 484. The molecule has 0 radical (unpaired) electrons. The van der Waals surface area contributed by atoms with Gasteiger partial charge in [0.2, 0.25) is 0 Å². The minimum atomic E-state index is -1.23. The van der Waals surface area contributed by atoms with Gasteiger partial charge in [0.1, 0.15) is 0 Å². The highest BCUT2D eigenvalue weighted by Gasteiger charge is 2.57. The molecular formula is C17H30O6. The Labute approximate surface area is 137 Å². The van der Waals surface area contributed by atoms with Crippen molar-refractivity contribution in [2.75, 3.05) is 0 Å². The Kier molecular flexibility index (Phi) is 6.05. The number of hydrogen-bond acceptors (Lipinski definition) is 3. The summed E-state index contributed by atoms with van der Waals surface area (Å²) >= 11 is 0. The van der Waals surface area contributed by atoms with Gasteiger partial charge in [-0.2, -0.15) is 0 Å². The lowest BCUT2D eigenvalue weighted by atomic mass is 9.51. The first-order chi connectivity index (χ1) is 9.99. The van der Waals surface area contributed by atoms with Crippen LogP contribution in [0.4, 0.5) is 0 Å². The lowest BCUT2D eigenvalue weighted by Crippen LogP contribution is -2.54. The molecule has 0 aromatic rings. The van der Waals surface area contributed by atoms with Crippen molar-refractivity contribution in [3.05, 3.63) is 0 Å². The Hall–Kier alpha value is -1.59. The molecule has 3 unspecified atom stereocenters. The van der Waals surface area contributed by atoms with E-state index in [4.69, 9.17) is 0 Å². The third kappa shape index (κ3) is 4.03. The molecule has 0 fully saturated rings. The predicted molar refractivity (Wildman–Crippen MR) is 86.1 cm³/mol.